The molecule has 0 radical (unpaired) electrons. The molecule has 0 aliphatic heterocycles. The van der Waals surface area contributed by atoms with Crippen LogP contribution >= 0.6 is 0 Å². The number of aromatic nitrogens is 4. The van der Waals surface area contributed by atoms with E-state index in [0.29, 0.717) is 18.4 Å². The van der Waals surface area contributed by atoms with Crippen molar-refractivity contribution in [2.24, 2.45) is 0 Å². The molecule has 2 heterocycles. The van der Waals surface area contributed by atoms with Crippen molar-refractivity contribution >= 4 is 17.1 Å². The minimum absolute atomic E-state index is 0.545. The molecule has 0 bridgehead atoms. The van der Waals surface area contributed by atoms with E-state index in [1.54, 1.807) is 0 Å². The van der Waals surface area contributed by atoms with Gasteiger partial charge in [-0.2, -0.15) is 0 Å². The van der Waals surface area contributed by atoms with E-state index in [9.17, 15) is 0 Å². The predicted octanol–water partition coefficient (Wildman–Crippen LogP) is 6.07. The second kappa shape index (κ2) is 10.7. The van der Waals surface area contributed by atoms with Crippen molar-refractivity contribution in [1.29, 1.82) is 0 Å². The molecule has 0 fully saturated rings. The Morgan fingerprint density at radius 2 is 1.72 bits per heavy atom. The zero-order chi connectivity index (χ0) is 22.2. The van der Waals surface area contributed by atoms with E-state index in [1.807, 2.05) is 50.2 Å². The smallest absolute Gasteiger partial charge is 0.241 e. The fourth-order valence-electron chi connectivity index (χ4n) is 3.49. The molecule has 4 aromatic rings. The molecule has 2 aromatic heterocycles. The van der Waals surface area contributed by atoms with Crippen molar-refractivity contribution < 1.29 is 9.15 Å². The molecule has 0 amide bonds. The number of fused-ring (bicyclic) bond motifs is 1. The van der Waals surface area contributed by atoms with Gasteiger partial charge in [-0.3, -0.25) is 0 Å². The highest BCUT2D eigenvalue weighted by Gasteiger charge is 2.12. The minimum Gasteiger partial charge on any atom is -0.476 e. The number of hydrogen-bond acceptors (Lipinski definition) is 6. The third-order valence-corrected chi connectivity index (χ3v) is 5.11. The molecule has 6 heteroatoms. The average molecular weight is 429 g/mol. The number of para-hydroxylation sites is 2. The zero-order valence-corrected chi connectivity index (χ0v) is 18.6. The Balaban J connectivity index is 1.41. The SMILES string of the molecule is CCOc1nc2ccccc2nc1-c1cccc(/C=C/CCCCc2nnc(CC)o2)c1. The van der Waals surface area contributed by atoms with Crippen molar-refractivity contribution in [3.63, 3.8) is 0 Å². The summed E-state index contributed by atoms with van der Waals surface area (Å²) >= 11 is 0. The second-order valence-corrected chi connectivity index (χ2v) is 7.52. The highest BCUT2D eigenvalue weighted by atomic mass is 16.5. The average Bonchev–Trinajstić information content (AvgIpc) is 3.29. The van der Waals surface area contributed by atoms with Gasteiger partial charge in [0.2, 0.25) is 17.7 Å². The van der Waals surface area contributed by atoms with Crippen LogP contribution in [0.3, 0.4) is 0 Å². The van der Waals surface area contributed by atoms with Crippen LogP contribution in [0, 0.1) is 0 Å². The third kappa shape index (κ3) is 5.38. The van der Waals surface area contributed by atoms with E-state index in [2.05, 4.69) is 39.5 Å². The zero-order valence-electron chi connectivity index (χ0n) is 18.6. The fraction of sp³-hybridized carbons (Fsp3) is 0.308. The molecule has 2 aromatic carbocycles. The molecule has 0 saturated heterocycles. The van der Waals surface area contributed by atoms with Gasteiger partial charge < -0.3 is 9.15 Å². The van der Waals surface area contributed by atoms with Crippen LogP contribution in [-0.4, -0.2) is 26.8 Å². The molecule has 4 rings (SSSR count). The molecule has 164 valence electrons. The van der Waals surface area contributed by atoms with Crippen LogP contribution in [0.5, 0.6) is 5.88 Å². The summed E-state index contributed by atoms with van der Waals surface area (Å²) in [4.78, 5) is 9.51. The second-order valence-electron chi connectivity index (χ2n) is 7.52. The maximum absolute atomic E-state index is 5.80. The number of nitrogens with zero attached hydrogens (tertiary/aromatic N) is 4. The molecule has 32 heavy (non-hydrogen) atoms. The van der Waals surface area contributed by atoms with Crippen LogP contribution in [-0.2, 0) is 12.8 Å². The Morgan fingerprint density at radius 3 is 2.50 bits per heavy atom. The monoisotopic (exact) mass is 428 g/mol. The minimum atomic E-state index is 0.545. The normalized spacial score (nSPS) is 11.4. The van der Waals surface area contributed by atoms with Crippen molar-refractivity contribution in [3.05, 3.63) is 72.0 Å². The molecule has 0 aliphatic carbocycles. The van der Waals surface area contributed by atoms with E-state index < -0.39 is 0 Å². The van der Waals surface area contributed by atoms with Crippen LogP contribution in [0.15, 0.2) is 59.0 Å². The molecule has 0 spiro atoms. The van der Waals surface area contributed by atoms with Crippen molar-refractivity contribution in [2.75, 3.05) is 6.61 Å². The van der Waals surface area contributed by atoms with Gasteiger partial charge in [-0.05, 0) is 49.9 Å². The number of hydrogen-bond donors (Lipinski definition) is 0. The highest BCUT2D eigenvalue weighted by Crippen LogP contribution is 2.29. The summed E-state index contributed by atoms with van der Waals surface area (Å²) in [5, 5.41) is 8.08. The predicted molar refractivity (Wildman–Crippen MR) is 126 cm³/mol. The van der Waals surface area contributed by atoms with E-state index in [0.717, 1.165) is 65.8 Å². The lowest BCUT2D eigenvalue weighted by Gasteiger charge is -2.10. The summed E-state index contributed by atoms with van der Waals surface area (Å²) in [5.74, 6) is 2.02. The Morgan fingerprint density at radius 1 is 0.906 bits per heavy atom. The topological polar surface area (TPSA) is 73.9 Å². The molecule has 6 nitrogen and oxygen atoms in total. The van der Waals surface area contributed by atoms with Gasteiger partial charge in [0.25, 0.3) is 0 Å². The van der Waals surface area contributed by atoms with Gasteiger partial charge in [-0.25, -0.2) is 9.97 Å². The molecule has 0 saturated carbocycles. The Kier molecular flexibility index (Phi) is 7.23. The van der Waals surface area contributed by atoms with Gasteiger partial charge in [0.15, 0.2) is 0 Å². The molecule has 0 N–H and O–H groups in total. The van der Waals surface area contributed by atoms with Crippen molar-refractivity contribution in [2.45, 2.75) is 46.0 Å². The summed E-state index contributed by atoms with van der Waals surface area (Å²) in [6, 6.07) is 16.2. The van der Waals surface area contributed by atoms with E-state index in [1.165, 1.54) is 0 Å². The maximum Gasteiger partial charge on any atom is 0.241 e. The standard InChI is InChI=1S/C26H28N4O2/c1-3-23-29-30-24(32-23)17-8-6-5-7-12-19-13-11-14-20(18-19)25-26(31-4-2)28-22-16-10-9-15-21(22)27-25/h7,9-16,18H,3-6,8,17H2,1-2H3/b12-7+. The van der Waals surface area contributed by atoms with E-state index in [4.69, 9.17) is 14.1 Å². The van der Waals surface area contributed by atoms with Crippen molar-refractivity contribution in [3.8, 4) is 17.1 Å². The molecular weight excluding hydrogens is 400 g/mol. The lowest BCUT2D eigenvalue weighted by molar-refractivity contribution is 0.328. The van der Waals surface area contributed by atoms with Crippen LogP contribution in [0.25, 0.3) is 28.4 Å². The van der Waals surface area contributed by atoms with Crippen LogP contribution in [0.4, 0.5) is 0 Å². The first kappa shape index (κ1) is 21.7. The number of ether oxygens (including phenoxy) is 1. The molecular formula is C26H28N4O2. The maximum atomic E-state index is 5.80. The van der Waals surface area contributed by atoms with Gasteiger partial charge in [0.05, 0.1) is 17.6 Å². The molecule has 0 aliphatic rings. The van der Waals surface area contributed by atoms with Crippen LogP contribution in [0.2, 0.25) is 0 Å². The summed E-state index contributed by atoms with van der Waals surface area (Å²) < 4.78 is 11.4. The lowest BCUT2D eigenvalue weighted by Crippen LogP contribution is -2.00. The van der Waals surface area contributed by atoms with E-state index >= 15 is 0 Å². The first-order valence-corrected chi connectivity index (χ1v) is 11.2. The lowest BCUT2D eigenvalue weighted by atomic mass is 10.1. The van der Waals surface area contributed by atoms with Gasteiger partial charge in [-0.1, -0.05) is 49.4 Å². The Bertz CT molecular complexity index is 1200. The summed E-state index contributed by atoms with van der Waals surface area (Å²) in [6.07, 6.45) is 9.08. The molecule has 0 unspecified atom stereocenters. The van der Waals surface area contributed by atoms with Crippen LogP contribution < -0.4 is 4.74 Å². The first-order chi connectivity index (χ1) is 15.8. The highest BCUT2D eigenvalue weighted by molar-refractivity contribution is 5.80. The van der Waals surface area contributed by atoms with Crippen LogP contribution in [0.1, 0.15) is 50.5 Å². The van der Waals surface area contributed by atoms with Gasteiger partial charge >= 0.3 is 0 Å². The number of aryl methyl sites for hydroxylation is 2. The van der Waals surface area contributed by atoms with E-state index in [-0.39, 0.29) is 0 Å². The largest absolute Gasteiger partial charge is 0.476 e. The van der Waals surface area contributed by atoms with Gasteiger partial charge in [-0.15, -0.1) is 10.2 Å². The Hall–Kier alpha value is -3.54. The summed E-state index contributed by atoms with van der Waals surface area (Å²) in [7, 11) is 0. The quantitative estimate of drug-likeness (QED) is 0.286. The number of rotatable bonds is 10. The Labute approximate surface area is 188 Å². The summed E-state index contributed by atoms with van der Waals surface area (Å²) in [6.45, 7) is 4.52. The fourth-order valence-corrected chi connectivity index (χ4v) is 3.49. The number of unbranched alkanes of at least 4 members (excludes halogenated alkanes) is 2. The van der Waals surface area contributed by atoms with Crippen molar-refractivity contribution in [1.82, 2.24) is 20.2 Å². The number of benzene rings is 2. The van der Waals surface area contributed by atoms with Gasteiger partial charge in [0.1, 0.15) is 5.69 Å². The molecule has 0 atom stereocenters. The first-order valence-electron chi connectivity index (χ1n) is 11.2. The summed E-state index contributed by atoms with van der Waals surface area (Å²) in [5.41, 5.74) is 4.59. The third-order valence-electron chi connectivity index (χ3n) is 5.11. The van der Waals surface area contributed by atoms with Gasteiger partial charge in [0, 0.05) is 18.4 Å². The number of allylic oxidation sites excluding steroid dienone is 1.